The molecule has 1 fully saturated rings. The minimum atomic E-state index is -0.389. The van der Waals surface area contributed by atoms with Gasteiger partial charge in [-0.1, -0.05) is 0 Å². The predicted molar refractivity (Wildman–Crippen MR) is 69.0 cm³/mol. The number of pyridine rings is 1. The fourth-order valence-electron chi connectivity index (χ4n) is 2.38. The Morgan fingerprint density at radius 2 is 2.33 bits per heavy atom. The average Bonchev–Trinajstić information content (AvgIpc) is 2.39. The molecule has 0 bridgehead atoms. The van der Waals surface area contributed by atoms with Gasteiger partial charge in [0.15, 0.2) is 11.6 Å². The Morgan fingerprint density at radius 3 is 3.00 bits per heavy atom. The molecule has 0 saturated carbocycles. The third-order valence-electron chi connectivity index (χ3n) is 3.55. The van der Waals surface area contributed by atoms with Gasteiger partial charge in [-0.25, -0.2) is 9.37 Å². The molecule has 1 unspecified atom stereocenters. The van der Waals surface area contributed by atoms with E-state index in [9.17, 15) is 4.39 Å². The van der Waals surface area contributed by atoms with Crippen molar-refractivity contribution in [2.75, 3.05) is 32.1 Å². The monoisotopic (exact) mass is 253 g/mol. The molecule has 1 N–H and O–H groups in total. The normalized spacial score (nSPS) is 20.5. The first-order chi connectivity index (χ1) is 8.63. The first-order valence-electron chi connectivity index (χ1n) is 6.29. The van der Waals surface area contributed by atoms with Gasteiger partial charge in [0.05, 0.1) is 6.61 Å². The van der Waals surface area contributed by atoms with Gasteiger partial charge >= 0.3 is 0 Å². The Morgan fingerprint density at radius 1 is 1.56 bits per heavy atom. The van der Waals surface area contributed by atoms with E-state index in [0.717, 1.165) is 25.9 Å². The van der Waals surface area contributed by atoms with Crippen LogP contribution in [-0.4, -0.2) is 48.2 Å². The van der Waals surface area contributed by atoms with Crippen LogP contribution in [0.15, 0.2) is 12.3 Å². The Kier molecular flexibility index (Phi) is 4.14. The highest BCUT2D eigenvalue weighted by atomic mass is 19.1. The molecule has 1 atom stereocenters. The molecule has 0 spiro atoms. The smallest absolute Gasteiger partial charge is 0.171 e. The average molecular weight is 253 g/mol. The van der Waals surface area contributed by atoms with Crippen LogP contribution in [0.5, 0.6) is 0 Å². The number of aliphatic hydroxyl groups is 1. The summed E-state index contributed by atoms with van der Waals surface area (Å²) in [6.07, 6.45) is 3.72. The molecule has 0 radical (unpaired) electrons. The van der Waals surface area contributed by atoms with E-state index in [1.165, 1.54) is 6.07 Å². The van der Waals surface area contributed by atoms with Gasteiger partial charge in [0.2, 0.25) is 0 Å². The van der Waals surface area contributed by atoms with Gasteiger partial charge in [-0.2, -0.15) is 0 Å². The molecule has 18 heavy (non-hydrogen) atoms. The number of halogens is 1. The lowest BCUT2D eigenvalue weighted by molar-refractivity contribution is 0.256. The zero-order valence-corrected chi connectivity index (χ0v) is 10.9. The molecule has 0 amide bonds. The first-order valence-corrected chi connectivity index (χ1v) is 6.29. The molecular weight excluding hydrogens is 233 g/mol. The number of hydrogen-bond donors (Lipinski definition) is 1. The number of aliphatic hydroxyl groups excluding tert-OH is 1. The molecule has 1 aromatic heterocycles. The number of rotatable bonds is 3. The lowest BCUT2D eigenvalue weighted by Gasteiger charge is -2.37. The van der Waals surface area contributed by atoms with Crippen molar-refractivity contribution in [3.05, 3.63) is 23.6 Å². The van der Waals surface area contributed by atoms with Crippen LogP contribution in [0.2, 0.25) is 0 Å². The van der Waals surface area contributed by atoms with Crippen LogP contribution in [0.4, 0.5) is 10.2 Å². The molecule has 2 heterocycles. The lowest BCUT2D eigenvalue weighted by atomic mass is 10.0. The van der Waals surface area contributed by atoms with E-state index in [2.05, 4.69) is 9.88 Å². The molecule has 100 valence electrons. The summed E-state index contributed by atoms with van der Waals surface area (Å²) in [4.78, 5) is 8.27. The third-order valence-corrected chi connectivity index (χ3v) is 3.55. The van der Waals surface area contributed by atoms with Gasteiger partial charge in [-0.15, -0.1) is 0 Å². The van der Waals surface area contributed by atoms with E-state index in [-0.39, 0.29) is 12.4 Å². The van der Waals surface area contributed by atoms with Crippen molar-refractivity contribution in [1.29, 1.82) is 0 Å². The van der Waals surface area contributed by atoms with Crippen molar-refractivity contribution in [3.8, 4) is 0 Å². The molecule has 1 aromatic rings. The Labute approximate surface area is 107 Å². The Hall–Kier alpha value is -1.20. The highest BCUT2D eigenvalue weighted by Gasteiger charge is 2.24. The van der Waals surface area contributed by atoms with E-state index in [1.54, 1.807) is 6.20 Å². The molecule has 0 aromatic carbocycles. The van der Waals surface area contributed by atoms with Gasteiger partial charge in [0.1, 0.15) is 0 Å². The van der Waals surface area contributed by atoms with Crippen molar-refractivity contribution in [2.45, 2.75) is 25.5 Å². The van der Waals surface area contributed by atoms with E-state index >= 15 is 0 Å². The van der Waals surface area contributed by atoms with Crippen LogP contribution < -0.4 is 4.90 Å². The summed E-state index contributed by atoms with van der Waals surface area (Å²) < 4.78 is 14.1. The summed E-state index contributed by atoms with van der Waals surface area (Å²) in [5.41, 5.74) is 0.312. The highest BCUT2D eigenvalue weighted by molar-refractivity contribution is 5.43. The molecular formula is C13H20FN3O. The summed E-state index contributed by atoms with van der Waals surface area (Å²) in [6, 6.07) is 1.95. The van der Waals surface area contributed by atoms with E-state index in [1.807, 2.05) is 19.0 Å². The van der Waals surface area contributed by atoms with Crippen LogP contribution in [0, 0.1) is 5.82 Å². The van der Waals surface area contributed by atoms with E-state index in [0.29, 0.717) is 17.4 Å². The fourth-order valence-corrected chi connectivity index (χ4v) is 2.38. The van der Waals surface area contributed by atoms with Gasteiger partial charge in [0, 0.05) is 30.9 Å². The van der Waals surface area contributed by atoms with Gasteiger partial charge in [0.25, 0.3) is 0 Å². The maximum absolute atomic E-state index is 14.1. The molecule has 1 saturated heterocycles. The first kappa shape index (κ1) is 13.2. The zero-order valence-electron chi connectivity index (χ0n) is 10.9. The van der Waals surface area contributed by atoms with Crippen molar-refractivity contribution < 1.29 is 9.50 Å². The van der Waals surface area contributed by atoms with Crippen LogP contribution >= 0.6 is 0 Å². The summed E-state index contributed by atoms with van der Waals surface area (Å²) in [5.74, 6) is -0.0208. The number of likely N-dealkylation sites (N-methyl/N-ethyl adjacent to an activating group) is 1. The topological polar surface area (TPSA) is 39.6 Å². The van der Waals surface area contributed by atoms with Crippen molar-refractivity contribution in [1.82, 2.24) is 9.88 Å². The van der Waals surface area contributed by atoms with E-state index in [4.69, 9.17) is 5.11 Å². The van der Waals surface area contributed by atoms with Gasteiger partial charge < -0.3 is 14.9 Å². The van der Waals surface area contributed by atoms with Crippen LogP contribution in [-0.2, 0) is 6.61 Å². The van der Waals surface area contributed by atoms with Gasteiger partial charge in [-0.05, 0) is 33.0 Å². The summed E-state index contributed by atoms with van der Waals surface area (Å²) in [7, 11) is 4.09. The molecule has 4 nitrogen and oxygen atoms in total. The quantitative estimate of drug-likeness (QED) is 0.880. The second-order valence-corrected chi connectivity index (χ2v) is 4.97. The van der Waals surface area contributed by atoms with Crippen LogP contribution in [0.1, 0.15) is 18.4 Å². The highest BCUT2D eigenvalue weighted by Crippen LogP contribution is 2.24. The summed E-state index contributed by atoms with van der Waals surface area (Å²) >= 11 is 0. The minimum Gasteiger partial charge on any atom is -0.392 e. The number of aromatic nitrogens is 1. The SMILES string of the molecule is CN(C)C1CCCN(c2nccc(CO)c2F)C1. The number of anilines is 1. The Balaban J connectivity index is 2.20. The fraction of sp³-hybridized carbons (Fsp3) is 0.615. The second-order valence-electron chi connectivity index (χ2n) is 4.97. The van der Waals surface area contributed by atoms with Crippen LogP contribution in [0.25, 0.3) is 0 Å². The summed E-state index contributed by atoms with van der Waals surface area (Å²) in [6.45, 7) is 1.32. The van der Waals surface area contributed by atoms with Crippen molar-refractivity contribution in [2.24, 2.45) is 0 Å². The van der Waals surface area contributed by atoms with Crippen molar-refractivity contribution >= 4 is 5.82 Å². The molecule has 1 aliphatic rings. The molecule has 0 aliphatic carbocycles. The molecule has 2 rings (SSSR count). The Bertz CT molecular complexity index is 411. The minimum absolute atomic E-state index is 0.285. The maximum atomic E-state index is 14.1. The molecule has 5 heteroatoms. The lowest BCUT2D eigenvalue weighted by Crippen LogP contribution is -2.45. The van der Waals surface area contributed by atoms with Gasteiger partial charge in [-0.3, -0.25) is 0 Å². The van der Waals surface area contributed by atoms with E-state index < -0.39 is 0 Å². The largest absolute Gasteiger partial charge is 0.392 e. The van der Waals surface area contributed by atoms with Crippen LogP contribution in [0.3, 0.4) is 0 Å². The molecule has 1 aliphatic heterocycles. The zero-order chi connectivity index (χ0) is 13.1. The number of piperidine rings is 1. The maximum Gasteiger partial charge on any atom is 0.171 e. The summed E-state index contributed by atoms with van der Waals surface area (Å²) in [5, 5.41) is 9.09. The second kappa shape index (κ2) is 5.63. The predicted octanol–water partition coefficient (Wildman–Crippen LogP) is 1.24. The van der Waals surface area contributed by atoms with Crippen molar-refractivity contribution in [3.63, 3.8) is 0 Å². The standard InChI is InChI=1S/C13H20FN3O/c1-16(2)11-4-3-7-17(8-11)13-12(14)10(9-18)5-6-15-13/h5-6,11,18H,3-4,7-9H2,1-2H3. The number of hydrogen-bond acceptors (Lipinski definition) is 4. The third kappa shape index (κ3) is 2.62. The number of nitrogens with zero attached hydrogens (tertiary/aromatic N) is 3.